The fourth-order valence-corrected chi connectivity index (χ4v) is 2.87. The third-order valence-electron chi connectivity index (χ3n) is 3.98. The van der Waals surface area contributed by atoms with E-state index in [0.29, 0.717) is 29.3 Å². The molecule has 0 unspecified atom stereocenters. The van der Waals surface area contributed by atoms with Crippen molar-refractivity contribution >= 4 is 16.9 Å². The number of carbonyl (C=O) groups excluding carboxylic acids is 1. The fraction of sp³-hybridized carbons (Fsp3) is 0.250. The Morgan fingerprint density at radius 1 is 1.12 bits per heavy atom. The zero-order chi connectivity index (χ0) is 17.1. The smallest absolute Gasteiger partial charge is 0.342 e. The number of ether oxygens (including phenoxy) is 2. The normalized spacial score (nSPS) is 10.8. The van der Waals surface area contributed by atoms with Crippen LogP contribution in [0.1, 0.15) is 29.8 Å². The number of fused-ring (bicyclic) bond motifs is 1. The summed E-state index contributed by atoms with van der Waals surface area (Å²) < 4.78 is 16.7. The summed E-state index contributed by atoms with van der Waals surface area (Å²) in [6, 6.07) is 13.3. The van der Waals surface area contributed by atoms with Gasteiger partial charge in [0.2, 0.25) is 0 Å². The van der Waals surface area contributed by atoms with E-state index in [1.54, 1.807) is 14.0 Å². The van der Waals surface area contributed by atoms with Crippen molar-refractivity contribution in [3.05, 3.63) is 53.6 Å². The summed E-state index contributed by atoms with van der Waals surface area (Å²) in [4.78, 5) is 12.6. The van der Waals surface area contributed by atoms with Crippen LogP contribution in [-0.4, -0.2) is 19.7 Å². The molecule has 0 aliphatic carbocycles. The summed E-state index contributed by atoms with van der Waals surface area (Å²) >= 11 is 0. The SMILES string of the molecule is CCOC(=O)c1c(-c2ccccc2)oc2cc(OC)cc(CC)c12. The molecule has 0 aliphatic rings. The lowest BCUT2D eigenvalue weighted by molar-refractivity contribution is 0.0528. The Bertz CT molecular complexity index is 862. The summed E-state index contributed by atoms with van der Waals surface area (Å²) in [5.41, 5.74) is 2.96. The maximum atomic E-state index is 12.6. The molecule has 4 nitrogen and oxygen atoms in total. The van der Waals surface area contributed by atoms with Crippen LogP contribution in [0.15, 0.2) is 46.9 Å². The van der Waals surface area contributed by atoms with Crippen molar-refractivity contribution in [2.75, 3.05) is 13.7 Å². The summed E-state index contributed by atoms with van der Waals surface area (Å²) in [5.74, 6) is 0.880. The van der Waals surface area contributed by atoms with E-state index >= 15 is 0 Å². The Morgan fingerprint density at radius 2 is 1.88 bits per heavy atom. The van der Waals surface area contributed by atoms with Gasteiger partial charge in [-0.2, -0.15) is 0 Å². The van der Waals surface area contributed by atoms with Crippen LogP contribution < -0.4 is 4.74 Å². The second kappa shape index (κ2) is 6.79. The van der Waals surface area contributed by atoms with Crippen molar-refractivity contribution in [1.29, 1.82) is 0 Å². The minimum atomic E-state index is -0.366. The highest BCUT2D eigenvalue weighted by atomic mass is 16.5. The zero-order valence-corrected chi connectivity index (χ0v) is 14.1. The average Bonchev–Trinajstić information content (AvgIpc) is 3.01. The van der Waals surface area contributed by atoms with Crippen molar-refractivity contribution in [3.8, 4) is 17.1 Å². The summed E-state index contributed by atoms with van der Waals surface area (Å²) in [6.45, 7) is 4.15. The average molecular weight is 324 g/mol. The van der Waals surface area contributed by atoms with Crippen molar-refractivity contribution < 1.29 is 18.7 Å². The second-order valence-electron chi connectivity index (χ2n) is 5.41. The molecule has 0 saturated carbocycles. The number of esters is 1. The predicted octanol–water partition coefficient (Wildman–Crippen LogP) is 4.85. The topological polar surface area (TPSA) is 48.7 Å². The number of aryl methyl sites for hydroxylation is 1. The first-order valence-corrected chi connectivity index (χ1v) is 8.05. The minimum Gasteiger partial charge on any atom is -0.497 e. The fourth-order valence-electron chi connectivity index (χ4n) is 2.87. The standard InChI is InChI=1S/C20H20O4/c1-4-13-11-15(22-3)12-16-17(13)18(20(21)23-5-2)19(24-16)14-9-7-6-8-10-14/h6-12H,4-5H2,1-3H3. The molecular formula is C20H20O4. The van der Waals surface area contributed by atoms with Gasteiger partial charge in [-0.25, -0.2) is 4.79 Å². The minimum absolute atomic E-state index is 0.317. The molecule has 0 bridgehead atoms. The molecule has 0 atom stereocenters. The molecule has 0 aliphatic heterocycles. The lowest BCUT2D eigenvalue weighted by Crippen LogP contribution is -2.06. The molecule has 2 aromatic carbocycles. The molecule has 3 rings (SSSR count). The van der Waals surface area contributed by atoms with Gasteiger partial charge in [-0.1, -0.05) is 37.3 Å². The molecule has 0 radical (unpaired) electrons. The van der Waals surface area contributed by atoms with Crippen molar-refractivity contribution in [2.24, 2.45) is 0 Å². The number of hydrogen-bond donors (Lipinski definition) is 0. The third-order valence-corrected chi connectivity index (χ3v) is 3.98. The van der Waals surface area contributed by atoms with Crippen molar-refractivity contribution in [1.82, 2.24) is 0 Å². The van der Waals surface area contributed by atoms with E-state index in [1.165, 1.54) is 0 Å². The Hall–Kier alpha value is -2.75. The molecule has 4 heteroatoms. The number of rotatable bonds is 5. The van der Waals surface area contributed by atoms with Gasteiger partial charge >= 0.3 is 5.97 Å². The van der Waals surface area contributed by atoms with Crippen LogP contribution >= 0.6 is 0 Å². The highest BCUT2D eigenvalue weighted by Gasteiger charge is 2.25. The maximum absolute atomic E-state index is 12.6. The van der Waals surface area contributed by atoms with E-state index in [0.717, 1.165) is 22.9 Å². The molecule has 24 heavy (non-hydrogen) atoms. The van der Waals surface area contributed by atoms with Gasteiger partial charge in [0.25, 0.3) is 0 Å². The Balaban J connectivity index is 2.34. The largest absolute Gasteiger partial charge is 0.497 e. The number of hydrogen-bond acceptors (Lipinski definition) is 4. The second-order valence-corrected chi connectivity index (χ2v) is 5.41. The van der Waals surface area contributed by atoms with Gasteiger partial charge in [-0.3, -0.25) is 0 Å². The lowest BCUT2D eigenvalue weighted by atomic mass is 10.00. The van der Waals surface area contributed by atoms with E-state index in [9.17, 15) is 4.79 Å². The van der Waals surface area contributed by atoms with E-state index in [1.807, 2.05) is 49.4 Å². The molecule has 3 aromatic rings. The summed E-state index contributed by atoms with van der Waals surface area (Å²) in [5, 5.41) is 0.801. The van der Waals surface area contributed by atoms with Crippen LogP contribution in [0.5, 0.6) is 5.75 Å². The first-order valence-electron chi connectivity index (χ1n) is 8.05. The van der Waals surface area contributed by atoms with E-state index < -0.39 is 0 Å². The monoisotopic (exact) mass is 324 g/mol. The van der Waals surface area contributed by atoms with Crippen LogP contribution in [0.4, 0.5) is 0 Å². The van der Waals surface area contributed by atoms with Crippen LogP contribution in [0, 0.1) is 0 Å². The van der Waals surface area contributed by atoms with Crippen LogP contribution in [0.25, 0.3) is 22.3 Å². The molecule has 124 valence electrons. The Kier molecular flexibility index (Phi) is 4.56. The summed E-state index contributed by atoms with van der Waals surface area (Å²) in [6.07, 6.45) is 0.758. The molecule has 0 amide bonds. The van der Waals surface area contributed by atoms with Gasteiger partial charge in [-0.15, -0.1) is 0 Å². The van der Waals surface area contributed by atoms with Gasteiger partial charge in [0, 0.05) is 17.0 Å². The number of furan rings is 1. The van der Waals surface area contributed by atoms with Crippen molar-refractivity contribution in [2.45, 2.75) is 20.3 Å². The van der Waals surface area contributed by atoms with Crippen molar-refractivity contribution in [3.63, 3.8) is 0 Å². The van der Waals surface area contributed by atoms with Crippen LogP contribution in [0.2, 0.25) is 0 Å². The van der Waals surface area contributed by atoms with Gasteiger partial charge in [0.05, 0.1) is 13.7 Å². The highest BCUT2D eigenvalue weighted by molar-refractivity contribution is 6.10. The van der Waals surface area contributed by atoms with E-state index in [4.69, 9.17) is 13.9 Å². The number of carbonyl (C=O) groups is 1. The molecule has 0 saturated heterocycles. The molecular weight excluding hydrogens is 304 g/mol. The maximum Gasteiger partial charge on any atom is 0.342 e. The van der Waals surface area contributed by atoms with Crippen LogP contribution in [-0.2, 0) is 11.2 Å². The van der Waals surface area contributed by atoms with Gasteiger partial charge < -0.3 is 13.9 Å². The first-order chi connectivity index (χ1) is 11.7. The molecule has 1 aromatic heterocycles. The summed E-state index contributed by atoms with van der Waals surface area (Å²) in [7, 11) is 1.62. The highest BCUT2D eigenvalue weighted by Crippen LogP contribution is 2.38. The van der Waals surface area contributed by atoms with Gasteiger partial charge in [-0.05, 0) is 25.0 Å². The van der Waals surface area contributed by atoms with E-state index in [-0.39, 0.29) is 5.97 Å². The van der Waals surface area contributed by atoms with Gasteiger partial charge in [0.15, 0.2) is 0 Å². The predicted molar refractivity (Wildman–Crippen MR) is 93.5 cm³/mol. The quantitative estimate of drug-likeness (QED) is 0.630. The van der Waals surface area contributed by atoms with Crippen LogP contribution in [0.3, 0.4) is 0 Å². The number of benzene rings is 2. The zero-order valence-electron chi connectivity index (χ0n) is 14.1. The molecule has 0 spiro atoms. The molecule has 0 fully saturated rings. The van der Waals surface area contributed by atoms with E-state index in [2.05, 4.69) is 0 Å². The number of methoxy groups -OCH3 is 1. The molecule has 0 N–H and O–H groups in total. The lowest BCUT2D eigenvalue weighted by Gasteiger charge is -2.07. The first kappa shape index (κ1) is 16.1. The Labute approximate surface area is 141 Å². The third kappa shape index (κ3) is 2.75. The Morgan fingerprint density at radius 3 is 2.50 bits per heavy atom. The van der Waals surface area contributed by atoms with Gasteiger partial charge in [0.1, 0.15) is 22.7 Å². The molecule has 1 heterocycles.